The Morgan fingerprint density at radius 2 is 1.34 bits per heavy atom. The van der Waals surface area contributed by atoms with Gasteiger partial charge in [0.05, 0.1) is 11.1 Å². The monoisotopic (exact) mass is 620 g/mol. The largest absolute Gasteiger partial charge is 0.369 e. The van der Waals surface area contributed by atoms with Crippen LogP contribution in [0.2, 0.25) is 0 Å². The third-order valence-electron chi connectivity index (χ3n) is 6.82. The van der Waals surface area contributed by atoms with E-state index in [0.717, 1.165) is 5.69 Å². The number of aldehydes is 1. The number of hydrogen-bond donors (Lipinski definition) is 2. The molecule has 0 aliphatic rings. The molecule has 0 radical (unpaired) electrons. The number of aryl methyl sites for hydroxylation is 3. The summed E-state index contributed by atoms with van der Waals surface area (Å²) in [7, 11) is 0. The second-order valence-electron chi connectivity index (χ2n) is 10.8. The molecule has 2 N–H and O–H groups in total. The lowest BCUT2D eigenvalue weighted by atomic mass is 9.99. The minimum atomic E-state index is -1.07. The molecule has 0 fully saturated rings. The molecule has 0 aliphatic carbocycles. The van der Waals surface area contributed by atoms with E-state index in [1.165, 1.54) is 38.1 Å². The van der Waals surface area contributed by atoms with Gasteiger partial charge in [0, 0.05) is 41.7 Å². The van der Waals surface area contributed by atoms with E-state index in [2.05, 4.69) is 10.2 Å². The number of carbonyl (C=O) groups is 1. The Balaban J connectivity index is 0.000000266. The summed E-state index contributed by atoms with van der Waals surface area (Å²) in [6.07, 6.45) is -0.656. The van der Waals surface area contributed by atoms with Crippen LogP contribution in [0.25, 0.3) is 0 Å². The van der Waals surface area contributed by atoms with Crippen LogP contribution in [0.4, 0.5) is 17.6 Å². The fraction of sp³-hybridized carbons (Fsp3) is 0.406. The number of halogens is 4. The van der Waals surface area contributed by atoms with E-state index in [4.69, 9.17) is 4.74 Å². The smallest absolute Gasteiger partial charge is 0.270 e. The molecule has 0 bridgehead atoms. The first kappa shape index (κ1) is 36.0. The maximum absolute atomic E-state index is 14.4. The third-order valence-corrected chi connectivity index (χ3v) is 6.82. The Hall–Kier alpha value is -4.19. The van der Waals surface area contributed by atoms with Gasteiger partial charge >= 0.3 is 0 Å². The Morgan fingerprint density at radius 3 is 1.77 bits per heavy atom. The van der Waals surface area contributed by atoms with Gasteiger partial charge in [0.15, 0.2) is 29.6 Å². The third kappa shape index (κ3) is 8.25. The van der Waals surface area contributed by atoms with Crippen molar-refractivity contribution in [1.82, 2.24) is 19.6 Å². The molecule has 240 valence electrons. The van der Waals surface area contributed by atoms with Crippen molar-refractivity contribution < 1.29 is 27.1 Å². The maximum atomic E-state index is 14.4. The summed E-state index contributed by atoms with van der Waals surface area (Å²) in [5.74, 6) is -3.90. The first-order chi connectivity index (χ1) is 20.6. The lowest BCUT2D eigenvalue weighted by molar-refractivity contribution is 0.0869. The van der Waals surface area contributed by atoms with Crippen LogP contribution in [-0.4, -0.2) is 32.5 Å². The summed E-state index contributed by atoms with van der Waals surface area (Å²) in [4.78, 5) is 33.2. The Labute approximate surface area is 253 Å². The second kappa shape index (κ2) is 15.5. The van der Waals surface area contributed by atoms with Crippen LogP contribution >= 0.6 is 0 Å². The average Bonchev–Trinajstić information content (AvgIpc) is 3.47. The molecule has 2 aromatic heterocycles. The van der Waals surface area contributed by atoms with Crippen LogP contribution in [-0.2, 0) is 4.74 Å². The molecule has 0 spiro atoms. The fourth-order valence-electron chi connectivity index (χ4n) is 4.52. The van der Waals surface area contributed by atoms with Gasteiger partial charge in [0.2, 0.25) is 0 Å². The molecule has 0 amide bonds. The van der Waals surface area contributed by atoms with E-state index >= 15 is 0 Å². The summed E-state index contributed by atoms with van der Waals surface area (Å²) in [6.45, 7) is 16.5. The van der Waals surface area contributed by atoms with E-state index in [1.54, 1.807) is 24.6 Å². The lowest BCUT2D eigenvalue weighted by Crippen LogP contribution is -2.17. The van der Waals surface area contributed by atoms with E-state index < -0.39 is 29.4 Å². The zero-order valence-electron chi connectivity index (χ0n) is 26.4. The molecule has 0 saturated heterocycles. The van der Waals surface area contributed by atoms with Gasteiger partial charge in [-0.1, -0.05) is 18.2 Å². The van der Waals surface area contributed by atoms with Crippen LogP contribution in [0.1, 0.15) is 96.8 Å². The fourth-order valence-corrected chi connectivity index (χ4v) is 4.52. The topological polar surface area (TPSA) is 102 Å². The number of nitrogens with one attached hydrogen (secondary N) is 2. The first-order valence-corrected chi connectivity index (χ1v) is 14.1. The maximum Gasteiger partial charge on any atom is 0.270 e. The van der Waals surface area contributed by atoms with Crippen molar-refractivity contribution in [2.75, 3.05) is 6.61 Å². The lowest BCUT2D eigenvalue weighted by Gasteiger charge is -2.19. The number of H-pyrrole nitrogens is 2. The molecule has 12 heteroatoms. The first-order valence-electron chi connectivity index (χ1n) is 14.1. The molecule has 2 aromatic carbocycles. The van der Waals surface area contributed by atoms with Gasteiger partial charge in [-0.3, -0.25) is 33.9 Å². The highest BCUT2D eigenvalue weighted by molar-refractivity contribution is 5.75. The molecule has 44 heavy (non-hydrogen) atoms. The van der Waals surface area contributed by atoms with Gasteiger partial charge in [0.25, 0.3) is 11.1 Å². The van der Waals surface area contributed by atoms with Crippen molar-refractivity contribution in [2.24, 2.45) is 0 Å². The highest BCUT2D eigenvalue weighted by atomic mass is 19.2. The number of benzene rings is 2. The average molecular weight is 621 g/mol. The minimum Gasteiger partial charge on any atom is -0.369 e. The van der Waals surface area contributed by atoms with Gasteiger partial charge < -0.3 is 4.74 Å². The second-order valence-corrected chi connectivity index (χ2v) is 10.8. The zero-order valence-corrected chi connectivity index (χ0v) is 26.4. The number of aromatic amines is 2. The number of ether oxygens (including phenoxy) is 1. The van der Waals surface area contributed by atoms with Gasteiger partial charge in [-0.05, 0) is 79.5 Å². The van der Waals surface area contributed by atoms with Crippen molar-refractivity contribution in [2.45, 2.75) is 80.5 Å². The van der Waals surface area contributed by atoms with Crippen LogP contribution in [0.15, 0.2) is 39.9 Å². The normalized spacial score (nSPS) is 11.6. The SMILES string of the molecule is CCOC(c1ccc(C)c(F)c1F)c1c(C)n(C(C)C)[nH]c1=O.Cc1cc(=O)[nH]n1C(C)C.Cc1ccc(C=O)c(F)c1F. The Morgan fingerprint density at radius 1 is 0.795 bits per heavy atom. The molecule has 4 rings (SSSR count). The molecule has 8 nitrogen and oxygen atoms in total. The highest BCUT2D eigenvalue weighted by Crippen LogP contribution is 2.30. The summed E-state index contributed by atoms with van der Waals surface area (Å²) in [6, 6.07) is 7.55. The van der Waals surface area contributed by atoms with Crippen LogP contribution in [0, 0.1) is 51.0 Å². The van der Waals surface area contributed by atoms with Crippen molar-refractivity contribution in [3.63, 3.8) is 0 Å². The van der Waals surface area contributed by atoms with Gasteiger partial charge in [-0.25, -0.2) is 17.6 Å². The van der Waals surface area contributed by atoms with Crippen molar-refractivity contribution in [3.05, 3.63) is 114 Å². The summed E-state index contributed by atoms with van der Waals surface area (Å²) in [5, 5.41) is 5.44. The van der Waals surface area contributed by atoms with Crippen molar-refractivity contribution in [3.8, 4) is 0 Å². The van der Waals surface area contributed by atoms with Gasteiger partial charge in [0.1, 0.15) is 6.10 Å². The van der Waals surface area contributed by atoms with E-state index in [9.17, 15) is 31.9 Å². The summed E-state index contributed by atoms with van der Waals surface area (Å²) < 4.78 is 62.8. The predicted octanol–water partition coefficient (Wildman–Crippen LogP) is 6.93. The summed E-state index contributed by atoms with van der Waals surface area (Å²) >= 11 is 0. The molecule has 0 saturated carbocycles. The number of hydrogen-bond acceptors (Lipinski definition) is 4. The number of carbonyl (C=O) groups excluding carboxylic acids is 1. The molecule has 4 aromatic rings. The molecule has 0 aliphatic heterocycles. The highest BCUT2D eigenvalue weighted by Gasteiger charge is 2.28. The summed E-state index contributed by atoms with van der Waals surface area (Å²) in [5.41, 5.74) is 1.78. The number of rotatable bonds is 7. The number of nitrogens with zero attached hydrogens (tertiary/aromatic N) is 2. The van der Waals surface area contributed by atoms with Gasteiger partial charge in [-0.15, -0.1) is 0 Å². The Kier molecular flexibility index (Phi) is 12.7. The Bertz CT molecular complexity index is 1700. The van der Waals surface area contributed by atoms with Crippen LogP contribution in [0.5, 0.6) is 0 Å². The van der Waals surface area contributed by atoms with E-state index in [-0.39, 0.29) is 52.3 Å². The standard InChI is InChI=1S/C17H22F2N2O2.C8H6F2O.C7H12N2O/c1-6-23-16(12-8-7-10(4)14(18)15(12)19)13-11(5)21(9(2)3)20-17(13)22;1-5-2-3-6(4-11)8(10)7(5)9;1-5(2)9-6(3)4-7(10)8-9/h7-9,16H,6H2,1-5H3,(H,20,22);2-4H,1H3;4-5H,1-3H3,(H,8,10). The quantitative estimate of drug-likeness (QED) is 0.173. The van der Waals surface area contributed by atoms with Crippen molar-refractivity contribution in [1.29, 1.82) is 0 Å². The zero-order chi connectivity index (χ0) is 33.5. The molecular formula is C32H40F4N4O4. The molecule has 2 heterocycles. The van der Waals surface area contributed by atoms with Crippen molar-refractivity contribution >= 4 is 6.29 Å². The minimum absolute atomic E-state index is 0.0220. The van der Waals surface area contributed by atoms with Crippen LogP contribution < -0.4 is 11.1 Å². The van der Waals surface area contributed by atoms with E-state index in [1.807, 2.05) is 39.3 Å². The van der Waals surface area contributed by atoms with E-state index in [0.29, 0.717) is 17.3 Å². The van der Waals surface area contributed by atoms with Gasteiger partial charge in [-0.2, -0.15) is 0 Å². The number of aromatic nitrogens is 4. The predicted molar refractivity (Wildman–Crippen MR) is 161 cm³/mol. The molecule has 1 unspecified atom stereocenters. The molecule has 1 atom stereocenters. The van der Waals surface area contributed by atoms with Crippen LogP contribution in [0.3, 0.4) is 0 Å². The molecular weight excluding hydrogens is 580 g/mol.